The van der Waals surface area contributed by atoms with Gasteiger partial charge in [-0.1, -0.05) is 43.0 Å². The highest BCUT2D eigenvalue weighted by Crippen LogP contribution is 2.34. The van der Waals surface area contributed by atoms with E-state index in [1.165, 1.54) is 0 Å². The molecule has 0 aliphatic rings. The standard InChI is InChI=1S/C12H15Cl2N5/c1-2-3-4-5-19-12(16-17-18-19)9-6-8(15)7-10(13)11(9)14/h6-7H,2-5,15H2,1H3. The van der Waals surface area contributed by atoms with Gasteiger partial charge in [0, 0.05) is 17.8 Å². The summed E-state index contributed by atoms with van der Waals surface area (Å²) < 4.78 is 1.73. The number of unbranched alkanes of at least 4 members (excludes halogenated alkanes) is 2. The topological polar surface area (TPSA) is 69.6 Å². The molecule has 0 atom stereocenters. The van der Waals surface area contributed by atoms with Crippen LogP contribution in [0.3, 0.4) is 0 Å². The molecule has 1 aromatic carbocycles. The number of halogens is 2. The van der Waals surface area contributed by atoms with Crippen molar-refractivity contribution in [3.63, 3.8) is 0 Å². The van der Waals surface area contributed by atoms with Crippen molar-refractivity contribution < 1.29 is 0 Å². The second-order valence-electron chi connectivity index (χ2n) is 4.30. The van der Waals surface area contributed by atoms with E-state index < -0.39 is 0 Å². The lowest BCUT2D eigenvalue weighted by Crippen LogP contribution is -2.04. The van der Waals surface area contributed by atoms with Crippen LogP contribution < -0.4 is 5.73 Å². The number of hydrogen-bond acceptors (Lipinski definition) is 4. The highest BCUT2D eigenvalue weighted by molar-refractivity contribution is 6.43. The molecule has 5 nitrogen and oxygen atoms in total. The van der Waals surface area contributed by atoms with E-state index in [4.69, 9.17) is 28.9 Å². The van der Waals surface area contributed by atoms with Gasteiger partial charge in [-0.05, 0) is 29.0 Å². The molecule has 2 N–H and O–H groups in total. The lowest BCUT2D eigenvalue weighted by molar-refractivity contribution is 0.541. The van der Waals surface area contributed by atoms with E-state index in [0.29, 0.717) is 27.1 Å². The fraction of sp³-hybridized carbons (Fsp3) is 0.417. The lowest BCUT2D eigenvalue weighted by atomic mass is 10.2. The second kappa shape index (κ2) is 6.21. The maximum absolute atomic E-state index is 6.19. The smallest absolute Gasteiger partial charge is 0.183 e. The maximum Gasteiger partial charge on any atom is 0.183 e. The van der Waals surface area contributed by atoms with Gasteiger partial charge in [0.25, 0.3) is 0 Å². The predicted molar refractivity (Wildman–Crippen MR) is 77.2 cm³/mol. The zero-order chi connectivity index (χ0) is 13.8. The third-order valence-electron chi connectivity index (χ3n) is 2.80. The molecule has 0 radical (unpaired) electrons. The van der Waals surface area contributed by atoms with E-state index in [0.717, 1.165) is 25.8 Å². The summed E-state index contributed by atoms with van der Waals surface area (Å²) in [5.41, 5.74) is 6.98. The number of anilines is 1. The average molecular weight is 300 g/mol. The molecule has 0 spiro atoms. The van der Waals surface area contributed by atoms with Crippen LogP contribution in [0.15, 0.2) is 12.1 Å². The Kier molecular flexibility index (Phi) is 4.61. The number of aromatic nitrogens is 4. The van der Waals surface area contributed by atoms with Crippen LogP contribution in [0, 0.1) is 0 Å². The van der Waals surface area contributed by atoms with Gasteiger partial charge in [0.2, 0.25) is 0 Å². The fourth-order valence-corrected chi connectivity index (χ4v) is 2.25. The number of tetrazole rings is 1. The number of nitrogens with zero attached hydrogens (tertiary/aromatic N) is 4. The van der Waals surface area contributed by atoms with E-state index in [-0.39, 0.29) is 0 Å². The molecule has 102 valence electrons. The van der Waals surface area contributed by atoms with E-state index >= 15 is 0 Å². The van der Waals surface area contributed by atoms with E-state index in [9.17, 15) is 0 Å². The minimum Gasteiger partial charge on any atom is -0.399 e. The predicted octanol–water partition coefficient (Wildman–Crippen LogP) is 3.42. The van der Waals surface area contributed by atoms with Crippen molar-refractivity contribution in [2.75, 3.05) is 5.73 Å². The van der Waals surface area contributed by atoms with Gasteiger partial charge in [0.1, 0.15) is 0 Å². The Balaban J connectivity index is 2.34. The molecule has 0 fully saturated rings. The molecule has 19 heavy (non-hydrogen) atoms. The Morgan fingerprint density at radius 2 is 2.05 bits per heavy atom. The van der Waals surface area contributed by atoms with Crippen molar-refractivity contribution in [3.8, 4) is 11.4 Å². The third-order valence-corrected chi connectivity index (χ3v) is 3.60. The monoisotopic (exact) mass is 299 g/mol. The Morgan fingerprint density at radius 3 is 2.79 bits per heavy atom. The zero-order valence-electron chi connectivity index (χ0n) is 10.6. The Morgan fingerprint density at radius 1 is 1.26 bits per heavy atom. The quantitative estimate of drug-likeness (QED) is 0.678. The second-order valence-corrected chi connectivity index (χ2v) is 5.08. The molecule has 7 heteroatoms. The van der Waals surface area contributed by atoms with Crippen molar-refractivity contribution >= 4 is 28.9 Å². The summed E-state index contributed by atoms with van der Waals surface area (Å²) in [6, 6.07) is 3.34. The summed E-state index contributed by atoms with van der Waals surface area (Å²) in [6.07, 6.45) is 3.29. The minimum absolute atomic E-state index is 0.403. The van der Waals surface area contributed by atoms with Crippen LogP contribution in [-0.2, 0) is 6.54 Å². The van der Waals surface area contributed by atoms with Crippen LogP contribution in [0.1, 0.15) is 26.2 Å². The van der Waals surface area contributed by atoms with Crippen molar-refractivity contribution in [1.29, 1.82) is 0 Å². The number of hydrogen-bond donors (Lipinski definition) is 1. The SMILES string of the molecule is CCCCCn1nnnc1-c1cc(N)cc(Cl)c1Cl. The highest BCUT2D eigenvalue weighted by atomic mass is 35.5. The molecule has 1 aromatic heterocycles. The first-order valence-corrected chi connectivity index (χ1v) is 6.90. The van der Waals surface area contributed by atoms with Gasteiger partial charge in [-0.15, -0.1) is 5.10 Å². The van der Waals surface area contributed by atoms with Crippen molar-refractivity contribution in [2.24, 2.45) is 0 Å². The molecule has 2 aromatic rings. The van der Waals surface area contributed by atoms with Crippen LogP contribution >= 0.6 is 23.2 Å². The van der Waals surface area contributed by atoms with Gasteiger partial charge in [-0.2, -0.15) is 0 Å². The van der Waals surface area contributed by atoms with Gasteiger partial charge in [0.05, 0.1) is 10.0 Å². The largest absolute Gasteiger partial charge is 0.399 e. The summed E-state index contributed by atoms with van der Waals surface area (Å²) in [4.78, 5) is 0. The molecule has 0 amide bonds. The third kappa shape index (κ3) is 3.16. The molecular formula is C12H15Cl2N5. The van der Waals surface area contributed by atoms with E-state index in [2.05, 4.69) is 22.4 Å². The molecule has 0 aliphatic heterocycles. The molecule has 0 saturated carbocycles. The van der Waals surface area contributed by atoms with Crippen LogP contribution in [0.4, 0.5) is 5.69 Å². The number of aryl methyl sites for hydroxylation is 1. The summed E-state index contributed by atoms with van der Waals surface area (Å²) >= 11 is 12.2. The van der Waals surface area contributed by atoms with E-state index in [1.807, 2.05) is 0 Å². The van der Waals surface area contributed by atoms with Crippen LogP contribution in [-0.4, -0.2) is 20.2 Å². The Bertz CT molecular complexity index is 567. The zero-order valence-corrected chi connectivity index (χ0v) is 12.1. The number of rotatable bonds is 5. The number of nitrogens with two attached hydrogens (primary N) is 1. The fourth-order valence-electron chi connectivity index (χ4n) is 1.83. The van der Waals surface area contributed by atoms with Crippen molar-refractivity contribution in [3.05, 3.63) is 22.2 Å². The number of benzene rings is 1. The maximum atomic E-state index is 6.19. The lowest BCUT2D eigenvalue weighted by Gasteiger charge is -2.08. The highest BCUT2D eigenvalue weighted by Gasteiger charge is 2.15. The Hall–Kier alpha value is -1.33. The van der Waals surface area contributed by atoms with Gasteiger partial charge < -0.3 is 5.73 Å². The van der Waals surface area contributed by atoms with Gasteiger partial charge in [-0.3, -0.25) is 0 Å². The summed E-state index contributed by atoms with van der Waals surface area (Å²) in [7, 11) is 0. The van der Waals surface area contributed by atoms with Gasteiger partial charge in [-0.25, -0.2) is 4.68 Å². The van der Waals surface area contributed by atoms with Gasteiger partial charge in [0.15, 0.2) is 5.82 Å². The molecule has 0 bridgehead atoms. The summed E-state index contributed by atoms with van der Waals surface area (Å²) in [5.74, 6) is 0.593. The first kappa shape index (κ1) is 14.1. The normalized spacial score (nSPS) is 10.9. The van der Waals surface area contributed by atoms with Crippen LogP contribution in [0.2, 0.25) is 10.0 Å². The minimum atomic E-state index is 0.403. The van der Waals surface area contributed by atoms with Crippen molar-refractivity contribution in [2.45, 2.75) is 32.7 Å². The van der Waals surface area contributed by atoms with Crippen molar-refractivity contribution in [1.82, 2.24) is 20.2 Å². The van der Waals surface area contributed by atoms with Crippen LogP contribution in [0.25, 0.3) is 11.4 Å². The summed E-state index contributed by atoms with van der Waals surface area (Å²) in [5, 5.41) is 12.5. The van der Waals surface area contributed by atoms with Gasteiger partial charge >= 0.3 is 0 Å². The van der Waals surface area contributed by atoms with E-state index in [1.54, 1.807) is 16.8 Å². The molecule has 0 aliphatic carbocycles. The molecule has 2 rings (SSSR count). The molecule has 0 unspecified atom stereocenters. The molecule has 1 heterocycles. The summed E-state index contributed by atoms with van der Waals surface area (Å²) in [6.45, 7) is 2.90. The molecule has 0 saturated heterocycles. The molecular weight excluding hydrogens is 285 g/mol. The Labute approximate surface area is 121 Å². The van der Waals surface area contributed by atoms with Crippen LogP contribution in [0.5, 0.6) is 0 Å². The first-order chi connectivity index (χ1) is 9.13. The number of nitrogen functional groups attached to an aromatic ring is 1. The first-order valence-electron chi connectivity index (χ1n) is 6.14. The average Bonchev–Trinajstić information content (AvgIpc) is 2.82.